The molecule has 5 nitrogen and oxygen atoms in total. The van der Waals surface area contributed by atoms with Gasteiger partial charge in [-0.3, -0.25) is 4.79 Å². The Balaban J connectivity index is 2.05. The van der Waals surface area contributed by atoms with Gasteiger partial charge in [0.15, 0.2) is 5.78 Å². The molecule has 6 heteroatoms. The van der Waals surface area contributed by atoms with Gasteiger partial charge >= 0.3 is 0 Å². The molecule has 2 atom stereocenters. The Kier molecular flexibility index (Phi) is 5.55. The van der Waals surface area contributed by atoms with Gasteiger partial charge in [0.1, 0.15) is 0 Å². The van der Waals surface area contributed by atoms with Crippen molar-refractivity contribution < 1.29 is 13.2 Å². The molecule has 3 rings (SSSR count). The largest absolute Gasteiger partial charge is 0.329 e. The number of hydrogen-bond acceptors (Lipinski definition) is 4. The number of carbonyl (C=O) groups excluding carboxylic acids is 1. The first-order valence-electron chi connectivity index (χ1n) is 8.87. The maximum atomic E-state index is 13.4. The molecule has 0 amide bonds. The van der Waals surface area contributed by atoms with Crippen molar-refractivity contribution in [3.8, 4) is 0 Å². The van der Waals surface area contributed by atoms with Crippen molar-refractivity contribution in [2.45, 2.75) is 30.7 Å². The minimum absolute atomic E-state index is 0.0569. The van der Waals surface area contributed by atoms with Crippen molar-refractivity contribution in [1.29, 1.82) is 0 Å². The van der Waals surface area contributed by atoms with Gasteiger partial charge in [-0.15, -0.1) is 0 Å². The highest BCUT2D eigenvalue weighted by Crippen LogP contribution is 2.30. The summed E-state index contributed by atoms with van der Waals surface area (Å²) in [6.07, 6.45) is 1.75. The first kappa shape index (κ1) is 18.8. The summed E-state index contributed by atoms with van der Waals surface area (Å²) >= 11 is 0. The zero-order valence-corrected chi connectivity index (χ0v) is 15.7. The molecule has 0 spiro atoms. The van der Waals surface area contributed by atoms with Crippen LogP contribution in [0.4, 0.5) is 0 Å². The number of rotatable bonds is 5. The minimum atomic E-state index is -3.81. The maximum absolute atomic E-state index is 13.4. The fraction of sp³-hybridized carbons (Fsp3) is 0.350. The predicted molar refractivity (Wildman–Crippen MR) is 101 cm³/mol. The molecule has 26 heavy (non-hydrogen) atoms. The molecule has 1 aliphatic rings. The van der Waals surface area contributed by atoms with Crippen LogP contribution in [0.1, 0.15) is 35.7 Å². The van der Waals surface area contributed by atoms with Crippen LogP contribution in [-0.4, -0.2) is 37.6 Å². The standard InChI is InChI=1S/C20H24N2O3S/c1-15-8-7-13-22(18(15)14-21)26(24,25)19-12-6-5-11-17(19)20(23)16-9-3-2-4-10-16/h2-6,9-12,15,18H,7-8,13-14,21H2,1H3. The van der Waals surface area contributed by atoms with Crippen LogP contribution in [0.5, 0.6) is 0 Å². The number of nitrogens with two attached hydrogens (primary N) is 1. The van der Waals surface area contributed by atoms with Crippen molar-refractivity contribution in [2.75, 3.05) is 13.1 Å². The number of piperidine rings is 1. The molecule has 0 aromatic heterocycles. The van der Waals surface area contributed by atoms with Crippen LogP contribution in [-0.2, 0) is 10.0 Å². The Morgan fingerprint density at radius 3 is 2.46 bits per heavy atom. The highest BCUT2D eigenvalue weighted by atomic mass is 32.2. The first-order valence-corrected chi connectivity index (χ1v) is 10.3. The molecule has 1 fully saturated rings. The third-order valence-electron chi connectivity index (χ3n) is 5.06. The SMILES string of the molecule is CC1CCCN(S(=O)(=O)c2ccccc2C(=O)c2ccccc2)C1CN. The number of carbonyl (C=O) groups is 1. The monoisotopic (exact) mass is 372 g/mol. The molecule has 2 aromatic carbocycles. The number of benzene rings is 2. The molecule has 2 unspecified atom stereocenters. The van der Waals surface area contributed by atoms with Crippen LogP contribution >= 0.6 is 0 Å². The van der Waals surface area contributed by atoms with Crippen molar-refractivity contribution in [3.05, 3.63) is 65.7 Å². The smallest absolute Gasteiger partial charge is 0.244 e. The second kappa shape index (κ2) is 7.70. The molecular weight excluding hydrogens is 348 g/mol. The molecular formula is C20H24N2O3S. The summed E-state index contributed by atoms with van der Waals surface area (Å²) < 4.78 is 28.2. The highest BCUT2D eigenvalue weighted by Gasteiger charge is 2.38. The molecule has 1 saturated heterocycles. The molecule has 2 aromatic rings. The van der Waals surface area contributed by atoms with Gasteiger partial charge in [-0.25, -0.2) is 8.42 Å². The van der Waals surface area contributed by atoms with Gasteiger partial charge < -0.3 is 5.73 Å². The summed E-state index contributed by atoms with van der Waals surface area (Å²) in [4.78, 5) is 13.0. The quantitative estimate of drug-likeness (QED) is 0.818. The summed E-state index contributed by atoms with van der Waals surface area (Å²) in [6.45, 7) is 2.73. The number of ketones is 1. The Bertz CT molecular complexity index is 881. The van der Waals surface area contributed by atoms with E-state index in [-0.39, 0.29) is 34.7 Å². The van der Waals surface area contributed by atoms with Crippen molar-refractivity contribution in [3.63, 3.8) is 0 Å². The van der Waals surface area contributed by atoms with Crippen LogP contribution in [0.15, 0.2) is 59.5 Å². The summed E-state index contributed by atoms with van der Waals surface area (Å²) in [5, 5.41) is 0. The van der Waals surface area contributed by atoms with Gasteiger partial charge in [0.05, 0.1) is 4.90 Å². The topological polar surface area (TPSA) is 80.5 Å². The van der Waals surface area contributed by atoms with Crippen LogP contribution < -0.4 is 5.73 Å². The molecule has 138 valence electrons. The van der Waals surface area contributed by atoms with Crippen LogP contribution in [0.3, 0.4) is 0 Å². The summed E-state index contributed by atoms with van der Waals surface area (Å²) in [5.41, 5.74) is 6.55. The van der Waals surface area contributed by atoms with Crippen molar-refractivity contribution in [1.82, 2.24) is 4.31 Å². The van der Waals surface area contributed by atoms with E-state index in [1.807, 2.05) is 13.0 Å². The Morgan fingerprint density at radius 1 is 1.12 bits per heavy atom. The van der Waals surface area contributed by atoms with Gasteiger partial charge in [0.2, 0.25) is 10.0 Å². The Labute approximate surface area is 154 Å². The normalized spacial score (nSPS) is 21.5. The zero-order valence-electron chi connectivity index (χ0n) is 14.8. The second-order valence-corrected chi connectivity index (χ2v) is 8.59. The van der Waals surface area contributed by atoms with Gasteiger partial charge in [0.25, 0.3) is 0 Å². The fourth-order valence-electron chi connectivity index (χ4n) is 3.61. The Morgan fingerprint density at radius 2 is 1.77 bits per heavy atom. The molecule has 1 aliphatic heterocycles. The van der Waals surface area contributed by atoms with E-state index < -0.39 is 10.0 Å². The molecule has 0 radical (unpaired) electrons. The maximum Gasteiger partial charge on any atom is 0.244 e. The van der Waals surface area contributed by atoms with E-state index in [2.05, 4.69) is 0 Å². The van der Waals surface area contributed by atoms with Crippen LogP contribution in [0.25, 0.3) is 0 Å². The minimum Gasteiger partial charge on any atom is -0.329 e. The van der Waals surface area contributed by atoms with E-state index in [1.54, 1.807) is 42.5 Å². The molecule has 1 heterocycles. The second-order valence-electron chi connectivity index (χ2n) is 6.73. The fourth-order valence-corrected chi connectivity index (χ4v) is 5.57. The summed E-state index contributed by atoms with van der Waals surface area (Å²) in [5.74, 6) is -0.0976. The Hall–Kier alpha value is -2.02. The van der Waals surface area contributed by atoms with E-state index in [0.717, 1.165) is 12.8 Å². The van der Waals surface area contributed by atoms with Crippen molar-refractivity contribution >= 4 is 15.8 Å². The van der Waals surface area contributed by atoms with E-state index in [4.69, 9.17) is 5.73 Å². The number of nitrogens with zero attached hydrogens (tertiary/aromatic N) is 1. The average molecular weight is 372 g/mol. The number of hydrogen-bond donors (Lipinski definition) is 1. The molecule has 0 saturated carbocycles. The van der Waals surface area contributed by atoms with Gasteiger partial charge in [-0.1, -0.05) is 49.4 Å². The van der Waals surface area contributed by atoms with Gasteiger partial charge in [0, 0.05) is 30.3 Å². The van der Waals surface area contributed by atoms with Crippen molar-refractivity contribution in [2.24, 2.45) is 11.7 Å². The third-order valence-corrected chi connectivity index (χ3v) is 7.04. The average Bonchev–Trinajstić information content (AvgIpc) is 2.68. The predicted octanol–water partition coefficient (Wildman–Crippen LogP) is 2.67. The zero-order chi connectivity index (χ0) is 18.7. The summed E-state index contributed by atoms with van der Waals surface area (Å²) in [7, 11) is -3.81. The lowest BCUT2D eigenvalue weighted by Crippen LogP contribution is -2.51. The van der Waals surface area contributed by atoms with Gasteiger partial charge in [-0.2, -0.15) is 4.31 Å². The molecule has 0 bridgehead atoms. The van der Waals surface area contributed by atoms with E-state index >= 15 is 0 Å². The van der Waals surface area contributed by atoms with Crippen LogP contribution in [0, 0.1) is 5.92 Å². The lowest BCUT2D eigenvalue weighted by Gasteiger charge is -2.38. The van der Waals surface area contributed by atoms with E-state index in [1.165, 1.54) is 10.4 Å². The lowest BCUT2D eigenvalue weighted by atomic mass is 9.93. The molecule has 0 aliphatic carbocycles. The highest BCUT2D eigenvalue weighted by molar-refractivity contribution is 7.89. The van der Waals surface area contributed by atoms with Crippen LogP contribution in [0.2, 0.25) is 0 Å². The first-order chi connectivity index (χ1) is 12.5. The third kappa shape index (κ3) is 3.45. The van der Waals surface area contributed by atoms with Gasteiger partial charge in [-0.05, 0) is 30.9 Å². The number of sulfonamides is 1. The summed E-state index contributed by atoms with van der Waals surface area (Å²) in [6, 6.07) is 14.9. The lowest BCUT2D eigenvalue weighted by molar-refractivity contribution is 0.103. The molecule has 2 N–H and O–H groups in total. The van der Waals surface area contributed by atoms with E-state index in [9.17, 15) is 13.2 Å². The van der Waals surface area contributed by atoms with E-state index in [0.29, 0.717) is 12.1 Å².